The van der Waals surface area contributed by atoms with Gasteiger partial charge in [0.2, 0.25) is 5.91 Å². The molecule has 6 heteroatoms. The summed E-state index contributed by atoms with van der Waals surface area (Å²) in [5, 5.41) is 3.02. The molecule has 2 aliphatic heterocycles. The van der Waals surface area contributed by atoms with Crippen molar-refractivity contribution < 1.29 is 14.0 Å². The number of rotatable bonds is 3. The summed E-state index contributed by atoms with van der Waals surface area (Å²) in [6.07, 6.45) is 5.00. The summed E-state index contributed by atoms with van der Waals surface area (Å²) in [4.78, 5) is 30.0. The Balaban J connectivity index is 1.77. The lowest BCUT2D eigenvalue weighted by molar-refractivity contribution is -0.124. The van der Waals surface area contributed by atoms with E-state index >= 15 is 0 Å². The van der Waals surface area contributed by atoms with E-state index in [0.29, 0.717) is 0 Å². The zero-order chi connectivity index (χ0) is 15.9. The quantitative estimate of drug-likeness (QED) is 0.925. The number of nitrogens with zero attached hydrogens (tertiary/aromatic N) is 2. The second-order valence-electron chi connectivity index (χ2n) is 6.37. The number of amides is 2. The molecule has 0 aliphatic carbocycles. The highest BCUT2D eigenvalue weighted by atomic mass is 19.1. The number of hydrogen-bond donors (Lipinski definition) is 1. The van der Waals surface area contributed by atoms with Gasteiger partial charge in [0, 0.05) is 18.2 Å². The van der Waals surface area contributed by atoms with E-state index in [4.69, 9.17) is 0 Å². The Morgan fingerprint density at radius 2 is 2.18 bits per heavy atom. The molecular formula is C16H20FN3O2. The van der Waals surface area contributed by atoms with Crippen molar-refractivity contribution in [3.8, 4) is 0 Å². The monoisotopic (exact) mass is 305 g/mol. The van der Waals surface area contributed by atoms with Crippen LogP contribution in [-0.4, -0.2) is 39.8 Å². The molecule has 1 aromatic heterocycles. The van der Waals surface area contributed by atoms with Gasteiger partial charge in [0.05, 0.1) is 23.8 Å². The van der Waals surface area contributed by atoms with E-state index in [1.165, 1.54) is 12.3 Å². The smallest absolute Gasteiger partial charge is 0.257 e. The molecule has 0 spiro atoms. The second-order valence-corrected chi connectivity index (χ2v) is 6.37. The lowest BCUT2D eigenvalue weighted by atomic mass is 9.95. The summed E-state index contributed by atoms with van der Waals surface area (Å²) < 4.78 is 13.8. The molecule has 5 nitrogen and oxygen atoms in total. The third-order valence-corrected chi connectivity index (χ3v) is 4.63. The fourth-order valence-corrected chi connectivity index (χ4v) is 3.50. The molecule has 2 bridgehead atoms. The molecule has 3 atom stereocenters. The van der Waals surface area contributed by atoms with Gasteiger partial charge in [-0.05, 0) is 25.3 Å². The number of hydrogen-bond acceptors (Lipinski definition) is 3. The number of pyridine rings is 1. The Labute approximate surface area is 128 Å². The Morgan fingerprint density at radius 1 is 1.41 bits per heavy atom. The Morgan fingerprint density at radius 3 is 2.86 bits per heavy atom. The van der Waals surface area contributed by atoms with Gasteiger partial charge in [-0.1, -0.05) is 13.8 Å². The highest BCUT2D eigenvalue weighted by Crippen LogP contribution is 2.39. The van der Waals surface area contributed by atoms with Crippen LogP contribution in [-0.2, 0) is 4.79 Å². The van der Waals surface area contributed by atoms with E-state index in [2.05, 4.69) is 10.3 Å². The largest absolute Gasteiger partial charge is 0.351 e. The highest BCUT2D eigenvalue weighted by molar-refractivity contribution is 5.95. The van der Waals surface area contributed by atoms with Gasteiger partial charge in [-0.15, -0.1) is 0 Å². The van der Waals surface area contributed by atoms with Crippen LogP contribution in [0.3, 0.4) is 0 Å². The predicted molar refractivity (Wildman–Crippen MR) is 78.6 cm³/mol. The number of fused-ring (bicyclic) bond motifs is 2. The Hall–Kier alpha value is -1.98. The maximum Gasteiger partial charge on any atom is 0.257 e. The summed E-state index contributed by atoms with van der Waals surface area (Å²) >= 11 is 0. The van der Waals surface area contributed by atoms with Gasteiger partial charge in [0.25, 0.3) is 5.91 Å². The number of nitrogens with one attached hydrogen (secondary N) is 1. The average Bonchev–Trinajstić information content (AvgIpc) is 3.04. The highest BCUT2D eigenvalue weighted by Gasteiger charge is 2.49. The van der Waals surface area contributed by atoms with Crippen molar-refractivity contribution in [1.29, 1.82) is 0 Å². The molecule has 1 N–H and O–H groups in total. The summed E-state index contributed by atoms with van der Waals surface area (Å²) in [5.41, 5.74) is 0.0581. The fraction of sp³-hybridized carbons (Fsp3) is 0.562. The topological polar surface area (TPSA) is 62.3 Å². The van der Waals surface area contributed by atoms with Crippen LogP contribution in [0.25, 0.3) is 0 Å². The molecule has 2 unspecified atom stereocenters. The van der Waals surface area contributed by atoms with E-state index in [1.807, 2.05) is 13.8 Å². The van der Waals surface area contributed by atoms with Gasteiger partial charge in [-0.3, -0.25) is 14.6 Å². The van der Waals surface area contributed by atoms with Crippen LogP contribution in [0.1, 0.15) is 43.5 Å². The molecule has 0 radical (unpaired) electrons. The summed E-state index contributed by atoms with van der Waals surface area (Å²) in [6.45, 7) is 3.69. The molecule has 2 fully saturated rings. The van der Waals surface area contributed by atoms with Crippen molar-refractivity contribution in [1.82, 2.24) is 15.2 Å². The van der Waals surface area contributed by atoms with E-state index in [-0.39, 0.29) is 41.4 Å². The molecule has 22 heavy (non-hydrogen) atoms. The normalized spacial score (nSPS) is 26.5. The second kappa shape index (κ2) is 5.66. The van der Waals surface area contributed by atoms with Gasteiger partial charge in [0.1, 0.15) is 0 Å². The van der Waals surface area contributed by atoms with E-state index in [0.717, 1.165) is 25.5 Å². The van der Waals surface area contributed by atoms with Crippen LogP contribution in [0.2, 0.25) is 0 Å². The third-order valence-electron chi connectivity index (χ3n) is 4.63. The number of carbonyl (C=O) groups excluding carboxylic acids is 2. The predicted octanol–water partition coefficient (Wildman–Crippen LogP) is 1.74. The molecule has 0 saturated carbocycles. The maximum atomic E-state index is 13.8. The van der Waals surface area contributed by atoms with Crippen molar-refractivity contribution >= 4 is 11.8 Å². The minimum Gasteiger partial charge on any atom is -0.351 e. The molecule has 3 heterocycles. The van der Waals surface area contributed by atoms with Crippen LogP contribution in [0.4, 0.5) is 4.39 Å². The minimum absolute atomic E-state index is 0.0000376. The third kappa shape index (κ3) is 2.46. The zero-order valence-corrected chi connectivity index (χ0v) is 12.8. The molecule has 1 aromatic rings. The van der Waals surface area contributed by atoms with Crippen LogP contribution in [0, 0.1) is 11.7 Å². The van der Waals surface area contributed by atoms with Crippen molar-refractivity contribution in [2.24, 2.45) is 5.92 Å². The van der Waals surface area contributed by atoms with Crippen LogP contribution >= 0.6 is 0 Å². The van der Waals surface area contributed by atoms with Gasteiger partial charge in [-0.25, -0.2) is 4.39 Å². The van der Waals surface area contributed by atoms with Crippen molar-refractivity contribution in [3.05, 3.63) is 29.8 Å². The van der Waals surface area contributed by atoms with E-state index < -0.39 is 5.82 Å². The van der Waals surface area contributed by atoms with Crippen molar-refractivity contribution in [2.75, 3.05) is 0 Å². The first-order chi connectivity index (χ1) is 10.5. The van der Waals surface area contributed by atoms with Gasteiger partial charge >= 0.3 is 0 Å². The fourth-order valence-electron chi connectivity index (χ4n) is 3.50. The first kappa shape index (κ1) is 14.9. The zero-order valence-electron chi connectivity index (χ0n) is 12.8. The molecule has 118 valence electrons. The SMILES string of the molecule is CC(C)C(=O)N[C@@H]1CC2CCC1N2C(=O)c1ccncc1F. The van der Waals surface area contributed by atoms with Crippen molar-refractivity contribution in [3.63, 3.8) is 0 Å². The number of carbonyl (C=O) groups is 2. The summed E-state index contributed by atoms with van der Waals surface area (Å²) in [7, 11) is 0. The molecule has 2 aliphatic rings. The van der Waals surface area contributed by atoms with Gasteiger partial charge in [-0.2, -0.15) is 0 Å². The molecule has 2 saturated heterocycles. The van der Waals surface area contributed by atoms with Gasteiger partial charge < -0.3 is 10.2 Å². The standard InChI is InChI=1S/C16H20FN3O2/c1-9(2)15(21)19-13-7-10-3-4-14(13)20(10)16(22)11-5-6-18-8-12(11)17/h5-6,8-10,13-14H,3-4,7H2,1-2H3,(H,19,21)/t10?,13-,14?/m1/s1. The minimum atomic E-state index is -0.596. The molecular weight excluding hydrogens is 285 g/mol. The summed E-state index contributed by atoms with van der Waals surface area (Å²) in [6, 6.07) is 1.44. The molecule has 3 rings (SSSR count). The van der Waals surface area contributed by atoms with Crippen LogP contribution < -0.4 is 5.32 Å². The van der Waals surface area contributed by atoms with Crippen LogP contribution in [0.15, 0.2) is 18.5 Å². The Kier molecular flexibility index (Phi) is 3.85. The molecule has 0 aromatic carbocycles. The number of halogens is 1. The van der Waals surface area contributed by atoms with Crippen molar-refractivity contribution in [2.45, 2.75) is 51.2 Å². The average molecular weight is 305 g/mol. The first-order valence-electron chi connectivity index (χ1n) is 7.71. The lowest BCUT2D eigenvalue weighted by Gasteiger charge is -2.25. The van der Waals surface area contributed by atoms with Crippen LogP contribution in [0.5, 0.6) is 0 Å². The first-order valence-corrected chi connectivity index (χ1v) is 7.71. The Bertz CT molecular complexity index is 605. The number of aromatic nitrogens is 1. The summed E-state index contributed by atoms with van der Waals surface area (Å²) in [5.74, 6) is -0.976. The van der Waals surface area contributed by atoms with E-state index in [9.17, 15) is 14.0 Å². The van der Waals surface area contributed by atoms with E-state index in [1.54, 1.807) is 4.90 Å². The maximum absolute atomic E-state index is 13.8. The lowest BCUT2D eigenvalue weighted by Crippen LogP contribution is -2.46. The molecule has 2 amide bonds. The van der Waals surface area contributed by atoms with Gasteiger partial charge in [0.15, 0.2) is 5.82 Å².